The molecule has 0 aliphatic carbocycles. The van der Waals surface area contributed by atoms with Crippen LogP contribution in [0, 0.1) is 22.7 Å². The molecule has 0 fully saturated rings. The summed E-state index contributed by atoms with van der Waals surface area (Å²) in [5, 5.41) is 20.5. The number of hydrogen-bond donors (Lipinski definition) is 1. The first-order valence-corrected chi connectivity index (χ1v) is 9.07. The fourth-order valence-electron chi connectivity index (χ4n) is 2.48. The van der Waals surface area contributed by atoms with E-state index in [4.69, 9.17) is 10.00 Å². The molecule has 1 N–H and O–H groups in total. The lowest BCUT2D eigenvalue weighted by molar-refractivity contribution is -0.142. The molecule has 0 bridgehead atoms. The van der Waals surface area contributed by atoms with E-state index in [1.54, 1.807) is 24.3 Å². The number of rotatable bonds is 7. The first-order valence-electron chi connectivity index (χ1n) is 9.07. The highest BCUT2D eigenvalue weighted by Crippen LogP contribution is 2.16. The number of anilines is 1. The van der Waals surface area contributed by atoms with E-state index in [0.717, 1.165) is 11.1 Å². The second-order valence-corrected chi connectivity index (χ2v) is 6.65. The first-order chi connectivity index (χ1) is 13.9. The van der Waals surface area contributed by atoms with Crippen molar-refractivity contribution in [2.75, 3.05) is 11.9 Å². The van der Waals surface area contributed by atoms with Crippen LogP contribution in [0.1, 0.15) is 36.5 Å². The summed E-state index contributed by atoms with van der Waals surface area (Å²) in [7, 11) is 0. The van der Waals surface area contributed by atoms with E-state index >= 15 is 0 Å². The largest absolute Gasteiger partial charge is 0.451 e. The lowest BCUT2D eigenvalue weighted by atomic mass is 10.0. The Bertz CT molecular complexity index is 976. The van der Waals surface area contributed by atoms with Gasteiger partial charge in [0.2, 0.25) is 0 Å². The van der Waals surface area contributed by atoms with Crippen molar-refractivity contribution < 1.29 is 14.3 Å². The van der Waals surface area contributed by atoms with Crippen LogP contribution >= 0.6 is 0 Å². The minimum atomic E-state index is -0.861. The average Bonchev–Trinajstić information content (AvgIpc) is 2.72. The molecule has 0 aliphatic rings. The summed E-state index contributed by atoms with van der Waals surface area (Å²) in [6.07, 6.45) is 1.72. The van der Waals surface area contributed by atoms with Crippen molar-refractivity contribution in [1.82, 2.24) is 0 Å². The molecule has 0 saturated carbocycles. The Hall–Kier alpha value is -3.90. The van der Waals surface area contributed by atoms with Crippen LogP contribution in [0.3, 0.4) is 0 Å². The molecule has 6 heteroatoms. The molecule has 2 aromatic rings. The van der Waals surface area contributed by atoms with Gasteiger partial charge in [0.25, 0.3) is 5.91 Å². The van der Waals surface area contributed by atoms with Crippen LogP contribution in [0.2, 0.25) is 0 Å². The third-order valence-corrected chi connectivity index (χ3v) is 4.11. The number of carbonyl (C=O) groups is 2. The Labute approximate surface area is 170 Å². The summed E-state index contributed by atoms with van der Waals surface area (Å²) < 4.78 is 4.94. The predicted molar refractivity (Wildman–Crippen MR) is 109 cm³/mol. The van der Waals surface area contributed by atoms with Crippen molar-refractivity contribution in [3.8, 4) is 12.1 Å². The van der Waals surface area contributed by atoms with E-state index in [0.29, 0.717) is 17.2 Å². The van der Waals surface area contributed by atoms with Gasteiger partial charge in [0.1, 0.15) is 11.6 Å². The molecular weight excluding hydrogens is 366 g/mol. The van der Waals surface area contributed by atoms with Crippen molar-refractivity contribution in [1.29, 1.82) is 10.5 Å². The second kappa shape index (κ2) is 10.4. The molecule has 0 aliphatic heterocycles. The maximum atomic E-state index is 12.1. The molecule has 2 aromatic carbocycles. The molecule has 1 amide bonds. The van der Waals surface area contributed by atoms with Crippen LogP contribution in [0.4, 0.5) is 5.69 Å². The summed E-state index contributed by atoms with van der Waals surface area (Å²) in [4.78, 5) is 24.1. The number of hydrogen-bond acceptors (Lipinski definition) is 5. The van der Waals surface area contributed by atoms with E-state index in [1.165, 1.54) is 6.08 Å². The molecule has 0 unspecified atom stereocenters. The molecular formula is C23H21N3O3. The minimum Gasteiger partial charge on any atom is -0.451 e. The molecule has 0 aromatic heterocycles. The Kier molecular flexibility index (Phi) is 7.70. The molecule has 0 atom stereocenters. The van der Waals surface area contributed by atoms with Gasteiger partial charge in [0, 0.05) is 5.69 Å². The number of nitrogens with one attached hydrogen (secondary N) is 1. The van der Waals surface area contributed by atoms with Crippen LogP contribution in [-0.2, 0) is 20.7 Å². The van der Waals surface area contributed by atoms with Gasteiger partial charge in [-0.15, -0.1) is 0 Å². The highest BCUT2D eigenvalue weighted by Gasteiger charge is 2.13. The van der Waals surface area contributed by atoms with Gasteiger partial charge in [-0.3, -0.25) is 4.79 Å². The number of ether oxygens (including phenoxy) is 1. The van der Waals surface area contributed by atoms with E-state index in [9.17, 15) is 14.9 Å². The first kappa shape index (κ1) is 21.4. The quantitative estimate of drug-likeness (QED) is 0.440. The van der Waals surface area contributed by atoms with E-state index in [1.807, 2.05) is 36.4 Å². The zero-order chi connectivity index (χ0) is 21.2. The number of carbonyl (C=O) groups excluding carboxylic acids is 2. The maximum Gasteiger partial charge on any atom is 0.349 e. The lowest BCUT2D eigenvalue weighted by Crippen LogP contribution is -2.21. The number of amides is 1. The standard InChI is InChI=1S/C23H21N3O3/c1-16(2)19-7-3-18(4-8-19)13-20(14-25)23(28)29-15-22(27)26-21-9-5-17(6-10-21)11-12-24/h3-10,13,16H,11,15H2,1-2H3,(H,26,27)/b20-13+. The van der Waals surface area contributed by atoms with E-state index in [2.05, 4.69) is 19.2 Å². The number of benzene rings is 2. The normalized spacial score (nSPS) is 10.7. The topological polar surface area (TPSA) is 103 Å². The monoisotopic (exact) mass is 387 g/mol. The molecule has 146 valence electrons. The van der Waals surface area contributed by atoms with Crippen molar-refractivity contribution in [3.63, 3.8) is 0 Å². The van der Waals surface area contributed by atoms with Crippen LogP contribution < -0.4 is 5.32 Å². The lowest BCUT2D eigenvalue weighted by Gasteiger charge is -2.07. The van der Waals surface area contributed by atoms with Gasteiger partial charge < -0.3 is 10.1 Å². The van der Waals surface area contributed by atoms with Gasteiger partial charge in [-0.05, 0) is 40.8 Å². The second-order valence-electron chi connectivity index (χ2n) is 6.65. The summed E-state index contributed by atoms with van der Waals surface area (Å²) >= 11 is 0. The minimum absolute atomic E-state index is 0.184. The van der Waals surface area contributed by atoms with Gasteiger partial charge in [-0.1, -0.05) is 50.2 Å². The van der Waals surface area contributed by atoms with Crippen molar-refractivity contribution in [2.24, 2.45) is 0 Å². The number of esters is 1. The molecule has 0 radical (unpaired) electrons. The number of nitrogens with zero attached hydrogens (tertiary/aromatic N) is 2. The summed E-state index contributed by atoms with van der Waals surface area (Å²) in [6.45, 7) is 3.65. The summed E-state index contributed by atoms with van der Waals surface area (Å²) in [6, 6.07) is 18.1. The SMILES string of the molecule is CC(C)c1ccc(/C=C(\C#N)C(=O)OCC(=O)Nc2ccc(CC#N)cc2)cc1. The zero-order valence-corrected chi connectivity index (χ0v) is 16.3. The van der Waals surface area contributed by atoms with Crippen LogP contribution in [0.15, 0.2) is 54.1 Å². The highest BCUT2D eigenvalue weighted by molar-refractivity contribution is 6.00. The maximum absolute atomic E-state index is 12.1. The Morgan fingerprint density at radius 3 is 2.28 bits per heavy atom. The van der Waals surface area contributed by atoms with Crippen LogP contribution in [0.25, 0.3) is 6.08 Å². The molecule has 6 nitrogen and oxygen atoms in total. The van der Waals surface area contributed by atoms with Crippen molar-refractivity contribution in [2.45, 2.75) is 26.2 Å². The Morgan fingerprint density at radius 1 is 1.07 bits per heavy atom. The van der Waals surface area contributed by atoms with E-state index in [-0.39, 0.29) is 12.0 Å². The summed E-state index contributed by atoms with van der Waals surface area (Å²) in [5.74, 6) is -1.00. The highest BCUT2D eigenvalue weighted by atomic mass is 16.5. The molecule has 0 heterocycles. The van der Waals surface area contributed by atoms with Gasteiger partial charge in [0.15, 0.2) is 6.61 Å². The third kappa shape index (κ3) is 6.64. The Balaban J connectivity index is 1.92. The van der Waals surface area contributed by atoms with Gasteiger partial charge in [0.05, 0.1) is 12.5 Å². The molecule has 0 saturated heterocycles. The molecule has 29 heavy (non-hydrogen) atoms. The van der Waals surface area contributed by atoms with E-state index < -0.39 is 18.5 Å². The van der Waals surface area contributed by atoms with Crippen LogP contribution in [0.5, 0.6) is 0 Å². The summed E-state index contributed by atoms with van der Waals surface area (Å²) in [5.41, 5.74) is 3.03. The van der Waals surface area contributed by atoms with Gasteiger partial charge in [-0.2, -0.15) is 10.5 Å². The Morgan fingerprint density at radius 2 is 1.72 bits per heavy atom. The third-order valence-electron chi connectivity index (χ3n) is 4.11. The van der Waals surface area contributed by atoms with Crippen LogP contribution in [-0.4, -0.2) is 18.5 Å². The average molecular weight is 387 g/mol. The number of nitriles is 2. The van der Waals surface area contributed by atoms with Gasteiger partial charge >= 0.3 is 5.97 Å². The van der Waals surface area contributed by atoms with Crippen molar-refractivity contribution >= 4 is 23.6 Å². The smallest absolute Gasteiger partial charge is 0.349 e. The predicted octanol–water partition coefficient (Wildman–Crippen LogP) is 3.96. The van der Waals surface area contributed by atoms with Gasteiger partial charge in [-0.25, -0.2) is 4.79 Å². The fourth-order valence-corrected chi connectivity index (χ4v) is 2.48. The fraction of sp³-hybridized carbons (Fsp3) is 0.217. The zero-order valence-electron chi connectivity index (χ0n) is 16.3. The molecule has 2 rings (SSSR count). The molecule has 0 spiro atoms. The van der Waals surface area contributed by atoms with Crippen molar-refractivity contribution in [3.05, 3.63) is 70.8 Å².